The molecule has 2 aliphatic rings. The molecule has 0 spiro atoms. The molecule has 1 aromatic carbocycles. The molecule has 154 valence electrons. The van der Waals surface area contributed by atoms with Crippen LogP contribution in [0.5, 0.6) is 0 Å². The number of carbonyl (C=O) groups excluding carboxylic acids is 2. The zero-order valence-electron chi connectivity index (χ0n) is 16.7. The van der Waals surface area contributed by atoms with Crippen molar-refractivity contribution in [2.75, 3.05) is 24.2 Å². The lowest BCUT2D eigenvalue weighted by Crippen LogP contribution is -2.55. The van der Waals surface area contributed by atoms with Crippen molar-refractivity contribution in [1.82, 2.24) is 20.1 Å². The molecule has 0 radical (unpaired) electrons. The molecule has 7 heteroatoms. The molecular weight excluding hydrogens is 479 g/mol. The summed E-state index contributed by atoms with van der Waals surface area (Å²) in [6.07, 6.45) is 5.79. The number of urea groups is 1. The van der Waals surface area contributed by atoms with Gasteiger partial charge in [-0.25, -0.2) is 4.79 Å². The second kappa shape index (κ2) is 8.47. The summed E-state index contributed by atoms with van der Waals surface area (Å²) in [4.78, 5) is 32.8. The van der Waals surface area contributed by atoms with Gasteiger partial charge in [0.05, 0.1) is 10.5 Å². The molecule has 1 aliphatic carbocycles. The van der Waals surface area contributed by atoms with Crippen LogP contribution in [0.1, 0.15) is 30.4 Å². The molecule has 1 fully saturated rings. The Bertz CT molecular complexity index is 940. The van der Waals surface area contributed by atoms with Gasteiger partial charge in [0.2, 0.25) is 5.91 Å². The fraction of sp³-hybridized carbons (Fsp3) is 0.455. The quantitative estimate of drug-likeness (QED) is 0.282. The van der Waals surface area contributed by atoms with E-state index < -0.39 is 0 Å². The Morgan fingerprint density at radius 3 is 3.00 bits per heavy atom. The van der Waals surface area contributed by atoms with Crippen LogP contribution in [0.4, 0.5) is 4.79 Å². The zero-order chi connectivity index (χ0) is 20.5. The molecule has 0 bridgehead atoms. The third kappa shape index (κ3) is 3.59. The SMILES string of the molecule is C=CCN1C[C@H](C(=O)N(CI)C(=O)NCC)C[C@@H]2c3cccc4[nH]cc(c34)C[C@H]21. The number of amides is 3. The van der Waals surface area contributed by atoms with Gasteiger partial charge in [0.15, 0.2) is 0 Å². The lowest BCUT2D eigenvalue weighted by Gasteiger charge is -2.46. The molecule has 2 heterocycles. The van der Waals surface area contributed by atoms with Crippen molar-refractivity contribution in [2.24, 2.45) is 5.92 Å². The number of carbonyl (C=O) groups is 2. The lowest BCUT2D eigenvalue weighted by molar-refractivity contribution is -0.134. The van der Waals surface area contributed by atoms with Crippen LogP contribution >= 0.6 is 22.6 Å². The maximum atomic E-state index is 13.3. The first-order valence-electron chi connectivity index (χ1n) is 10.2. The first-order chi connectivity index (χ1) is 14.1. The van der Waals surface area contributed by atoms with E-state index in [1.54, 1.807) is 0 Å². The zero-order valence-corrected chi connectivity index (χ0v) is 18.8. The van der Waals surface area contributed by atoms with Crippen LogP contribution in [-0.4, -0.2) is 56.9 Å². The summed E-state index contributed by atoms with van der Waals surface area (Å²) >= 11 is 2.09. The molecule has 4 rings (SSSR count). The summed E-state index contributed by atoms with van der Waals surface area (Å²) in [6.45, 7) is 7.71. The number of H-pyrrole nitrogens is 1. The minimum Gasteiger partial charge on any atom is -0.361 e. The number of rotatable bonds is 5. The maximum absolute atomic E-state index is 13.3. The summed E-state index contributed by atoms with van der Waals surface area (Å²) in [6, 6.07) is 6.46. The minimum atomic E-state index is -0.303. The third-order valence-electron chi connectivity index (χ3n) is 6.25. The van der Waals surface area contributed by atoms with Crippen LogP contribution in [0.25, 0.3) is 10.9 Å². The smallest absolute Gasteiger partial charge is 0.324 e. The number of fused-ring (bicyclic) bond motifs is 2. The predicted octanol–water partition coefficient (Wildman–Crippen LogP) is 3.63. The number of aromatic amines is 1. The number of likely N-dealkylation sites (tertiary alicyclic amines) is 1. The molecule has 0 unspecified atom stereocenters. The van der Waals surface area contributed by atoms with Gasteiger partial charge in [0, 0.05) is 48.7 Å². The first kappa shape index (κ1) is 20.4. The number of hydrogen-bond donors (Lipinski definition) is 2. The van der Waals surface area contributed by atoms with Crippen LogP contribution in [0.3, 0.4) is 0 Å². The number of nitrogens with one attached hydrogen (secondary N) is 2. The Labute approximate surface area is 184 Å². The van der Waals surface area contributed by atoms with Gasteiger partial charge < -0.3 is 10.3 Å². The van der Waals surface area contributed by atoms with Crippen LogP contribution in [0.15, 0.2) is 37.1 Å². The van der Waals surface area contributed by atoms with Gasteiger partial charge in [0.1, 0.15) is 0 Å². The number of piperidine rings is 1. The van der Waals surface area contributed by atoms with Crippen molar-refractivity contribution >= 4 is 45.4 Å². The normalized spacial score (nSPS) is 23.4. The van der Waals surface area contributed by atoms with Crippen molar-refractivity contribution in [3.8, 4) is 0 Å². The van der Waals surface area contributed by atoms with E-state index in [1.165, 1.54) is 21.4 Å². The number of halogens is 1. The molecule has 0 saturated carbocycles. The van der Waals surface area contributed by atoms with Gasteiger partial charge >= 0.3 is 6.03 Å². The molecule has 2 N–H and O–H groups in total. The predicted molar refractivity (Wildman–Crippen MR) is 123 cm³/mol. The Balaban J connectivity index is 1.67. The van der Waals surface area contributed by atoms with Gasteiger partial charge in [-0.1, -0.05) is 40.8 Å². The molecule has 6 nitrogen and oxygen atoms in total. The Kier molecular flexibility index (Phi) is 5.96. The molecule has 1 saturated heterocycles. The summed E-state index contributed by atoms with van der Waals surface area (Å²) in [5.41, 5.74) is 3.84. The van der Waals surface area contributed by atoms with E-state index in [2.05, 4.69) is 68.8 Å². The monoisotopic (exact) mass is 506 g/mol. The highest BCUT2D eigenvalue weighted by molar-refractivity contribution is 14.1. The van der Waals surface area contributed by atoms with Gasteiger partial charge in [-0.15, -0.1) is 6.58 Å². The molecule has 1 aromatic heterocycles. The summed E-state index contributed by atoms with van der Waals surface area (Å²) in [5, 5.41) is 4.08. The van der Waals surface area contributed by atoms with Crippen molar-refractivity contribution in [2.45, 2.75) is 31.7 Å². The first-order valence-corrected chi connectivity index (χ1v) is 11.7. The Hall–Kier alpha value is -1.87. The summed E-state index contributed by atoms with van der Waals surface area (Å²) < 4.78 is 0.353. The Morgan fingerprint density at radius 1 is 1.45 bits per heavy atom. The van der Waals surface area contributed by atoms with Crippen molar-refractivity contribution in [3.63, 3.8) is 0 Å². The minimum absolute atomic E-state index is 0.0788. The lowest BCUT2D eigenvalue weighted by atomic mass is 9.72. The standard InChI is InChI=1S/C22H27IN4O2/c1-3-8-26-12-15(21(28)27(13-23)22(29)24-4-2)9-17-16-6-5-7-18-20(16)14(11-25-18)10-19(17)26/h3,5-7,11,15,17,19,25H,1,4,8-10,12-13H2,2H3,(H,24,29)/t15-,17-,19-/m1/s1. The van der Waals surface area contributed by atoms with Gasteiger partial charge in [-0.2, -0.15) is 0 Å². The van der Waals surface area contributed by atoms with Crippen LogP contribution in [0, 0.1) is 5.92 Å². The van der Waals surface area contributed by atoms with Crippen LogP contribution in [0.2, 0.25) is 0 Å². The van der Waals surface area contributed by atoms with E-state index in [9.17, 15) is 9.59 Å². The second-order valence-corrected chi connectivity index (χ2v) is 8.54. The third-order valence-corrected chi connectivity index (χ3v) is 6.93. The van der Waals surface area contributed by atoms with E-state index in [0.29, 0.717) is 23.7 Å². The number of nitrogens with zero attached hydrogens (tertiary/aromatic N) is 2. The van der Waals surface area contributed by atoms with E-state index in [-0.39, 0.29) is 23.8 Å². The van der Waals surface area contributed by atoms with Gasteiger partial charge in [-0.05, 0) is 37.0 Å². The topological polar surface area (TPSA) is 68.4 Å². The van der Waals surface area contributed by atoms with E-state index in [0.717, 1.165) is 24.9 Å². The fourth-order valence-electron chi connectivity index (χ4n) is 5.03. The number of aromatic nitrogens is 1. The fourth-order valence-corrected chi connectivity index (χ4v) is 5.68. The highest BCUT2D eigenvalue weighted by atomic mass is 127. The van der Waals surface area contributed by atoms with Crippen LogP contribution < -0.4 is 5.32 Å². The Morgan fingerprint density at radius 2 is 2.28 bits per heavy atom. The number of benzene rings is 1. The van der Waals surface area contributed by atoms with Crippen molar-refractivity contribution < 1.29 is 9.59 Å². The molecule has 1 aliphatic heterocycles. The summed E-state index contributed by atoms with van der Waals surface area (Å²) in [7, 11) is 0. The largest absolute Gasteiger partial charge is 0.361 e. The highest BCUT2D eigenvalue weighted by Gasteiger charge is 2.43. The van der Waals surface area contributed by atoms with E-state index in [4.69, 9.17) is 0 Å². The molecule has 3 amide bonds. The van der Waals surface area contributed by atoms with Crippen molar-refractivity contribution in [3.05, 3.63) is 48.2 Å². The molecule has 29 heavy (non-hydrogen) atoms. The van der Waals surface area contributed by atoms with Gasteiger partial charge in [-0.3, -0.25) is 14.6 Å². The maximum Gasteiger partial charge on any atom is 0.324 e. The van der Waals surface area contributed by atoms with Gasteiger partial charge in [0.25, 0.3) is 0 Å². The number of alkyl halides is 1. The van der Waals surface area contributed by atoms with E-state index >= 15 is 0 Å². The van der Waals surface area contributed by atoms with Crippen molar-refractivity contribution in [1.29, 1.82) is 0 Å². The van der Waals surface area contributed by atoms with Crippen LogP contribution in [-0.2, 0) is 11.2 Å². The average Bonchev–Trinajstić information content (AvgIpc) is 3.13. The molecule has 3 atom stereocenters. The van der Waals surface area contributed by atoms with E-state index in [1.807, 2.05) is 13.0 Å². The second-order valence-electron chi connectivity index (χ2n) is 7.86. The number of hydrogen-bond acceptors (Lipinski definition) is 3. The highest BCUT2D eigenvalue weighted by Crippen LogP contribution is 2.45. The average molecular weight is 506 g/mol. The molecular formula is C22H27IN4O2. The number of imide groups is 1. The summed E-state index contributed by atoms with van der Waals surface area (Å²) in [5.74, 6) is -0.0100. The molecule has 2 aromatic rings.